The molecule has 3 rings (SSSR count). The van der Waals surface area contributed by atoms with Gasteiger partial charge in [0.05, 0.1) is 17.3 Å². The molecule has 0 spiro atoms. The Labute approximate surface area is 179 Å². The quantitative estimate of drug-likeness (QED) is 0.478. The SMILES string of the molecule is Cc1cccc(C(=O)Nc2ccc(NCC(=O)Nc3cc(Cl)ccc3Cl)cc2)c1. The van der Waals surface area contributed by atoms with Crippen molar-refractivity contribution >= 4 is 52.1 Å². The first kappa shape index (κ1) is 20.7. The van der Waals surface area contributed by atoms with Gasteiger partial charge < -0.3 is 16.0 Å². The Balaban J connectivity index is 1.53. The maximum atomic E-state index is 12.3. The van der Waals surface area contributed by atoms with Crippen LogP contribution in [0.5, 0.6) is 0 Å². The minimum absolute atomic E-state index is 0.0534. The molecule has 0 unspecified atom stereocenters. The van der Waals surface area contributed by atoms with Gasteiger partial charge in [0.25, 0.3) is 5.91 Å². The molecule has 7 heteroatoms. The third kappa shape index (κ3) is 5.98. The van der Waals surface area contributed by atoms with Gasteiger partial charge in [0.1, 0.15) is 0 Å². The van der Waals surface area contributed by atoms with Crippen molar-refractivity contribution in [3.8, 4) is 0 Å². The van der Waals surface area contributed by atoms with Crippen LogP contribution in [-0.4, -0.2) is 18.4 Å². The van der Waals surface area contributed by atoms with Crippen LogP contribution in [0.1, 0.15) is 15.9 Å². The largest absolute Gasteiger partial charge is 0.376 e. The van der Waals surface area contributed by atoms with E-state index in [0.717, 1.165) is 11.3 Å². The van der Waals surface area contributed by atoms with E-state index in [1.165, 1.54) is 0 Å². The van der Waals surface area contributed by atoms with Crippen molar-refractivity contribution in [2.75, 3.05) is 22.5 Å². The molecular weight excluding hydrogens is 409 g/mol. The van der Waals surface area contributed by atoms with Crippen LogP contribution in [0.4, 0.5) is 17.1 Å². The Kier molecular flexibility index (Phi) is 6.75. The summed E-state index contributed by atoms with van der Waals surface area (Å²) in [6.07, 6.45) is 0. The lowest BCUT2D eigenvalue weighted by Gasteiger charge is -2.10. The van der Waals surface area contributed by atoms with Gasteiger partial charge in [-0.3, -0.25) is 9.59 Å². The Bertz CT molecular complexity index is 1040. The minimum Gasteiger partial charge on any atom is -0.376 e. The van der Waals surface area contributed by atoms with Crippen LogP contribution >= 0.6 is 23.2 Å². The summed E-state index contributed by atoms with van der Waals surface area (Å²) in [5.41, 5.74) is 3.49. The van der Waals surface area contributed by atoms with E-state index in [-0.39, 0.29) is 18.4 Å². The molecule has 148 valence electrons. The Morgan fingerprint density at radius 1 is 0.862 bits per heavy atom. The molecular formula is C22H19Cl2N3O2. The normalized spacial score (nSPS) is 10.3. The van der Waals surface area contributed by atoms with Crippen LogP contribution in [0.2, 0.25) is 10.0 Å². The molecule has 3 aromatic rings. The zero-order valence-corrected chi connectivity index (χ0v) is 17.1. The van der Waals surface area contributed by atoms with Crippen molar-refractivity contribution < 1.29 is 9.59 Å². The smallest absolute Gasteiger partial charge is 0.255 e. The molecule has 5 nitrogen and oxygen atoms in total. The first-order chi connectivity index (χ1) is 13.9. The summed E-state index contributed by atoms with van der Waals surface area (Å²) in [7, 11) is 0. The second kappa shape index (κ2) is 9.45. The van der Waals surface area contributed by atoms with Gasteiger partial charge in [-0.05, 0) is 61.5 Å². The van der Waals surface area contributed by atoms with Crippen molar-refractivity contribution in [1.29, 1.82) is 0 Å². The van der Waals surface area contributed by atoms with Gasteiger partial charge in [0.2, 0.25) is 5.91 Å². The number of halogens is 2. The molecule has 0 bridgehead atoms. The van der Waals surface area contributed by atoms with Gasteiger partial charge in [-0.25, -0.2) is 0 Å². The third-order valence-electron chi connectivity index (χ3n) is 4.08. The lowest BCUT2D eigenvalue weighted by atomic mass is 10.1. The van der Waals surface area contributed by atoms with Gasteiger partial charge in [-0.1, -0.05) is 40.9 Å². The summed E-state index contributed by atoms with van der Waals surface area (Å²) in [6.45, 7) is 1.99. The molecule has 0 radical (unpaired) electrons. The molecule has 0 atom stereocenters. The minimum atomic E-state index is -0.258. The van der Waals surface area contributed by atoms with Crippen LogP contribution < -0.4 is 16.0 Å². The summed E-state index contributed by atoms with van der Waals surface area (Å²) in [5, 5.41) is 9.47. The van der Waals surface area contributed by atoms with Gasteiger partial charge in [-0.15, -0.1) is 0 Å². The molecule has 29 heavy (non-hydrogen) atoms. The number of anilines is 3. The number of carbonyl (C=O) groups excluding carboxylic acids is 2. The van der Waals surface area contributed by atoms with Gasteiger partial charge in [0, 0.05) is 22.0 Å². The summed E-state index contributed by atoms with van der Waals surface area (Å²) < 4.78 is 0. The lowest BCUT2D eigenvalue weighted by molar-refractivity contribution is -0.114. The van der Waals surface area contributed by atoms with E-state index in [1.54, 1.807) is 48.5 Å². The second-order valence-corrected chi connectivity index (χ2v) is 7.27. The van der Waals surface area contributed by atoms with Crippen molar-refractivity contribution in [3.05, 3.63) is 87.9 Å². The Morgan fingerprint density at radius 2 is 1.59 bits per heavy atom. The number of benzene rings is 3. The van der Waals surface area contributed by atoms with Crippen LogP contribution in [0.15, 0.2) is 66.7 Å². The highest BCUT2D eigenvalue weighted by Crippen LogP contribution is 2.25. The molecule has 0 aliphatic heterocycles. The Morgan fingerprint density at radius 3 is 2.31 bits per heavy atom. The maximum Gasteiger partial charge on any atom is 0.255 e. The molecule has 0 heterocycles. The molecule has 0 aliphatic carbocycles. The number of hydrogen-bond donors (Lipinski definition) is 3. The highest BCUT2D eigenvalue weighted by atomic mass is 35.5. The van der Waals surface area contributed by atoms with Crippen molar-refractivity contribution in [2.45, 2.75) is 6.92 Å². The van der Waals surface area contributed by atoms with E-state index in [9.17, 15) is 9.59 Å². The number of carbonyl (C=O) groups is 2. The predicted molar refractivity (Wildman–Crippen MR) is 119 cm³/mol. The molecule has 3 N–H and O–H groups in total. The van der Waals surface area contributed by atoms with Crippen molar-refractivity contribution in [2.24, 2.45) is 0 Å². The molecule has 0 aromatic heterocycles. The number of nitrogens with one attached hydrogen (secondary N) is 3. The van der Waals surface area contributed by atoms with Gasteiger partial charge in [-0.2, -0.15) is 0 Å². The van der Waals surface area contributed by atoms with E-state index in [1.807, 2.05) is 25.1 Å². The summed E-state index contributed by atoms with van der Waals surface area (Å²) in [5.74, 6) is -0.432. The first-order valence-corrected chi connectivity index (χ1v) is 9.63. The van der Waals surface area contributed by atoms with E-state index >= 15 is 0 Å². The van der Waals surface area contributed by atoms with Gasteiger partial charge in [0.15, 0.2) is 0 Å². The fourth-order valence-corrected chi connectivity index (χ4v) is 2.97. The number of rotatable bonds is 6. The zero-order chi connectivity index (χ0) is 20.8. The molecule has 3 aromatic carbocycles. The first-order valence-electron chi connectivity index (χ1n) is 8.87. The maximum absolute atomic E-state index is 12.3. The highest BCUT2D eigenvalue weighted by molar-refractivity contribution is 6.35. The van der Waals surface area contributed by atoms with E-state index in [0.29, 0.717) is 27.0 Å². The summed E-state index contributed by atoms with van der Waals surface area (Å²) in [6, 6.07) is 19.3. The summed E-state index contributed by atoms with van der Waals surface area (Å²) in [4.78, 5) is 24.4. The molecule has 0 saturated carbocycles. The number of hydrogen-bond acceptors (Lipinski definition) is 3. The second-order valence-electron chi connectivity index (χ2n) is 6.43. The van der Waals surface area contributed by atoms with Crippen molar-refractivity contribution in [3.63, 3.8) is 0 Å². The van der Waals surface area contributed by atoms with Crippen LogP contribution in [0.3, 0.4) is 0 Å². The number of amides is 2. The highest BCUT2D eigenvalue weighted by Gasteiger charge is 2.08. The zero-order valence-electron chi connectivity index (χ0n) is 15.6. The Hall–Kier alpha value is -3.02. The van der Waals surface area contributed by atoms with E-state index in [4.69, 9.17) is 23.2 Å². The van der Waals surface area contributed by atoms with E-state index in [2.05, 4.69) is 16.0 Å². The third-order valence-corrected chi connectivity index (χ3v) is 4.64. The topological polar surface area (TPSA) is 70.2 Å². The summed E-state index contributed by atoms with van der Waals surface area (Å²) >= 11 is 12.0. The average molecular weight is 428 g/mol. The standard InChI is InChI=1S/C22H19Cl2N3O2/c1-14-3-2-4-15(11-14)22(29)26-18-8-6-17(7-9-18)25-13-21(28)27-20-12-16(23)5-10-19(20)24/h2-12,25H,13H2,1H3,(H,26,29)(H,27,28). The van der Waals surface area contributed by atoms with Gasteiger partial charge >= 0.3 is 0 Å². The average Bonchev–Trinajstić information content (AvgIpc) is 2.70. The van der Waals surface area contributed by atoms with Crippen LogP contribution in [0, 0.1) is 6.92 Å². The molecule has 0 fully saturated rings. The van der Waals surface area contributed by atoms with Crippen LogP contribution in [0.25, 0.3) is 0 Å². The molecule has 2 amide bonds. The van der Waals surface area contributed by atoms with Crippen molar-refractivity contribution in [1.82, 2.24) is 0 Å². The van der Waals surface area contributed by atoms with Crippen LogP contribution in [-0.2, 0) is 4.79 Å². The number of aryl methyl sites for hydroxylation is 1. The monoisotopic (exact) mass is 427 g/mol. The van der Waals surface area contributed by atoms with E-state index < -0.39 is 0 Å². The predicted octanol–water partition coefficient (Wildman–Crippen LogP) is 5.60. The fourth-order valence-electron chi connectivity index (χ4n) is 2.63. The lowest BCUT2D eigenvalue weighted by Crippen LogP contribution is -2.21. The fraction of sp³-hybridized carbons (Fsp3) is 0.0909. The molecule has 0 saturated heterocycles. The molecule has 0 aliphatic rings.